The Bertz CT molecular complexity index is 502. The summed E-state index contributed by atoms with van der Waals surface area (Å²) in [5.41, 5.74) is 0.934. The lowest BCUT2D eigenvalue weighted by Crippen LogP contribution is -2.44. The minimum atomic E-state index is -0.975. The van der Waals surface area contributed by atoms with Crippen LogP contribution in [0.4, 0.5) is 0 Å². The van der Waals surface area contributed by atoms with E-state index in [1.54, 1.807) is 13.2 Å². The average Bonchev–Trinajstić information content (AvgIpc) is 2.55. The largest absolute Gasteiger partial charge is 0.477 e. The van der Waals surface area contributed by atoms with Crippen molar-refractivity contribution in [3.8, 4) is 0 Å². The van der Waals surface area contributed by atoms with Crippen LogP contribution in [0.3, 0.4) is 0 Å². The first-order valence-electron chi connectivity index (χ1n) is 8.21. The molecule has 2 rings (SSSR count). The molecule has 0 saturated carbocycles. The number of nitrogens with zero attached hydrogens (tertiary/aromatic N) is 3. The third-order valence-corrected chi connectivity index (χ3v) is 4.39. The second kappa shape index (κ2) is 8.96. The highest BCUT2D eigenvalue weighted by atomic mass is 16.5. The quantitative estimate of drug-likeness (QED) is 0.735. The van der Waals surface area contributed by atoms with E-state index in [0.717, 1.165) is 51.2 Å². The third-order valence-electron chi connectivity index (χ3n) is 4.39. The smallest absolute Gasteiger partial charge is 0.354 e. The molecule has 1 aliphatic rings. The zero-order valence-electron chi connectivity index (χ0n) is 14.1. The summed E-state index contributed by atoms with van der Waals surface area (Å²) in [6.45, 7) is 4.59. The van der Waals surface area contributed by atoms with Gasteiger partial charge in [-0.05, 0) is 51.5 Å². The van der Waals surface area contributed by atoms with Gasteiger partial charge in [0.25, 0.3) is 0 Å². The lowest BCUT2D eigenvalue weighted by atomic mass is 10.0. The van der Waals surface area contributed by atoms with Gasteiger partial charge in [0.15, 0.2) is 0 Å². The van der Waals surface area contributed by atoms with Crippen LogP contribution in [0.25, 0.3) is 0 Å². The van der Waals surface area contributed by atoms with Crippen molar-refractivity contribution in [3.05, 3.63) is 29.6 Å². The molecule has 23 heavy (non-hydrogen) atoms. The van der Waals surface area contributed by atoms with Crippen molar-refractivity contribution in [2.75, 3.05) is 40.4 Å². The molecular weight excluding hydrogens is 294 g/mol. The highest BCUT2D eigenvalue weighted by molar-refractivity contribution is 5.85. The Balaban J connectivity index is 2.04. The van der Waals surface area contributed by atoms with Crippen molar-refractivity contribution < 1.29 is 14.6 Å². The van der Waals surface area contributed by atoms with Gasteiger partial charge in [-0.15, -0.1) is 0 Å². The number of carbonyl (C=O) groups is 1. The van der Waals surface area contributed by atoms with Crippen LogP contribution in [0.15, 0.2) is 18.2 Å². The molecule has 1 fully saturated rings. The van der Waals surface area contributed by atoms with E-state index in [2.05, 4.69) is 21.8 Å². The van der Waals surface area contributed by atoms with Gasteiger partial charge in [0.05, 0.1) is 5.69 Å². The molecule has 0 aromatic carbocycles. The van der Waals surface area contributed by atoms with Gasteiger partial charge < -0.3 is 14.7 Å². The molecule has 2 heterocycles. The maximum atomic E-state index is 11.1. The topological polar surface area (TPSA) is 65.9 Å². The Labute approximate surface area is 138 Å². The van der Waals surface area contributed by atoms with E-state index in [1.807, 2.05) is 6.07 Å². The Morgan fingerprint density at radius 2 is 2.17 bits per heavy atom. The van der Waals surface area contributed by atoms with E-state index in [-0.39, 0.29) is 5.69 Å². The summed E-state index contributed by atoms with van der Waals surface area (Å²) < 4.78 is 5.17. The van der Waals surface area contributed by atoms with Crippen molar-refractivity contribution in [1.29, 1.82) is 0 Å². The number of rotatable bonds is 8. The molecule has 6 nitrogen and oxygen atoms in total. The van der Waals surface area contributed by atoms with Gasteiger partial charge in [0, 0.05) is 32.8 Å². The number of aromatic nitrogens is 1. The van der Waals surface area contributed by atoms with E-state index < -0.39 is 5.97 Å². The molecule has 6 heteroatoms. The molecule has 1 aromatic rings. The first-order valence-corrected chi connectivity index (χ1v) is 8.21. The molecule has 1 saturated heterocycles. The van der Waals surface area contributed by atoms with E-state index in [4.69, 9.17) is 9.84 Å². The van der Waals surface area contributed by atoms with E-state index >= 15 is 0 Å². The Morgan fingerprint density at radius 1 is 1.43 bits per heavy atom. The highest BCUT2D eigenvalue weighted by Crippen LogP contribution is 2.18. The Kier molecular flexibility index (Phi) is 6.95. The summed E-state index contributed by atoms with van der Waals surface area (Å²) in [7, 11) is 3.88. The van der Waals surface area contributed by atoms with Crippen LogP contribution in [0.2, 0.25) is 0 Å². The number of carboxylic acid groups (broad SMARTS) is 1. The summed E-state index contributed by atoms with van der Waals surface area (Å²) in [5.74, 6) is -0.975. The number of hydrogen-bond donors (Lipinski definition) is 1. The fourth-order valence-electron chi connectivity index (χ4n) is 3.06. The molecule has 128 valence electrons. The van der Waals surface area contributed by atoms with Gasteiger partial charge in [-0.3, -0.25) is 4.90 Å². The summed E-state index contributed by atoms with van der Waals surface area (Å²) in [6, 6.07) is 5.74. The van der Waals surface area contributed by atoms with Gasteiger partial charge in [-0.25, -0.2) is 9.78 Å². The maximum Gasteiger partial charge on any atom is 0.354 e. The van der Waals surface area contributed by atoms with Gasteiger partial charge in [-0.2, -0.15) is 0 Å². The molecule has 1 aliphatic heterocycles. The molecule has 1 N–H and O–H groups in total. The predicted molar refractivity (Wildman–Crippen MR) is 88.6 cm³/mol. The van der Waals surface area contributed by atoms with Crippen LogP contribution in [-0.2, 0) is 11.3 Å². The summed E-state index contributed by atoms with van der Waals surface area (Å²) in [6.07, 6.45) is 3.26. The molecule has 0 radical (unpaired) electrons. The molecule has 0 spiro atoms. The number of methoxy groups -OCH3 is 1. The van der Waals surface area contributed by atoms with Crippen molar-refractivity contribution in [2.45, 2.75) is 31.8 Å². The van der Waals surface area contributed by atoms with Crippen LogP contribution in [0.1, 0.15) is 35.4 Å². The van der Waals surface area contributed by atoms with Gasteiger partial charge in [-0.1, -0.05) is 6.07 Å². The fraction of sp³-hybridized carbons (Fsp3) is 0.647. The monoisotopic (exact) mass is 321 g/mol. The molecular formula is C17H27N3O3. The second-order valence-electron chi connectivity index (χ2n) is 6.17. The second-order valence-corrected chi connectivity index (χ2v) is 6.17. The molecule has 0 aliphatic carbocycles. The van der Waals surface area contributed by atoms with E-state index in [9.17, 15) is 4.79 Å². The number of piperidine rings is 1. The molecule has 0 amide bonds. The van der Waals surface area contributed by atoms with Gasteiger partial charge >= 0.3 is 5.97 Å². The number of likely N-dealkylation sites (tertiary alicyclic amines) is 1. The zero-order valence-corrected chi connectivity index (χ0v) is 14.1. The van der Waals surface area contributed by atoms with Crippen LogP contribution in [0, 0.1) is 0 Å². The van der Waals surface area contributed by atoms with Crippen LogP contribution >= 0.6 is 0 Å². The van der Waals surface area contributed by atoms with Crippen molar-refractivity contribution in [3.63, 3.8) is 0 Å². The van der Waals surface area contributed by atoms with Crippen molar-refractivity contribution >= 4 is 5.97 Å². The number of hydrogen-bond acceptors (Lipinski definition) is 5. The number of aromatic carboxylic acids is 1. The first kappa shape index (κ1) is 17.8. The lowest BCUT2D eigenvalue weighted by Gasteiger charge is -2.37. The van der Waals surface area contributed by atoms with Crippen molar-refractivity contribution in [2.24, 2.45) is 0 Å². The Hall–Kier alpha value is -1.50. The number of ether oxygens (including phenoxy) is 1. The van der Waals surface area contributed by atoms with E-state index in [1.165, 1.54) is 6.07 Å². The van der Waals surface area contributed by atoms with Crippen LogP contribution < -0.4 is 0 Å². The maximum absolute atomic E-state index is 11.1. The number of pyridine rings is 1. The van der Waals surface area contributed by atoms with Crippen molar-refractivity contribution in [1.82, 2.24) is 14.8 Å². The third kappa shape index (κ3) is 5.57. The summed E-state index contributed by atoms with van der Waals surface area (Å²) >= 11 is 0. The standard InChI is InChI=1S/C17H27N3O3/c1-19-10-7-15(8-11-19)20(9-4-12-23-2)13-14-5-3-6-16(18-14)17(21)22/h3,5-6,15H,4,7-13H2,1-2H3,(H,21,22). The predicted octanol–water partition coefficient (Wildman–Crippen LogP) is 1.71. The highest BCUT2D eigenvalue weighted by Gasteiger charge is 2.23. The summed E-state index contributed by atoms with van der Waals surface area (Å²) in [4.78, 5) is 20.1. The first-order chi connectivity index (χ1) is 11.1. The minimum Gasteiger partial charge on any atom is -0.477 e. The van der Waals surface area contributed by atoms with Crippen LogP contribution in [0.5, 0.6) is 0 Å². The fourth-order valence-corrected chi connectivity index (χ4v) is 3.06. The molecule has 0 unspecified atom stereocenters. The van der Waals surface area contributed by atoms with E-state index in [0.29, 0.717) is 12.6 Å². The normalized spacial score (nSPS) is 16.8. The zero-order chi connectivity index (χ0) is 16.7. The van der Waals surface area contributed by atoms with Crippen LogP contribution in [-0.4, -0.2) is 72.3 Å². The summed E-state index contributed by atoms with van der Waals surface area (Å²) in [5, 5.41) is 9.10. The Morgan fingerprint density at radius 3 is 2.83 bits per heavy atom. The van der Waals surface area contributed by atoms with Gasteiger partial charge in [0.2, 0.25) is 0 Å². The molecule has 0 atom stereocenters. The lowest BCUT2D eigenvalue weighted by molar-refractivity contribution is 0.0689. The molecule has 0 bridgehead atoms. The number of carboxylic acids is 1. The van der Waals surface area contributed by atoms with Gasteiger partial charge in [0.1, 0.15) is 5.69 Å². The molecule has 1 aromatic heterocycles. The minimum absolute atomic E-state index is 0.114. The average molecular weight is 321 g/mol. The SMILES string of the molecule is COCCCN(Cc1cccc(C(=O)O)n1)C1CCN(C)CC1.